The van der Waals surface area contributed by atoms with Gasteiger partial charge in [0.1, 0.15) is 0 Å². The average molecular weight is 364 g/mol. The number of carbonyl (C=O) groups excluding carboxylic acids is 2. The van der Waals surface area contributed by atoms with Gasteiger partial charge < -0.3 is 10.1 Å². The Balaban J connectivity index is 1.23. The van der Waals surface area contributed by atoms with Crippen molar-refractivity contribution < 1.29 is 14.3 Å². The van der Waals surface area contributed by atoms with Crippen LogP contribution in [0.5, 0.6) is 0 Å². The molecule has 0 radical (unpaired) electrons. The molecule has 0 aromatic rings. The van der Waals surface area contributed by atoms with Crippen molar-refractivity contribution in [3.05, 3.63) is 0 Å². The lowest BCUT2D eigenvalue weighted by Crippen LogP contribution is -2.61. The molecule has 3 amide bonds. The molecule has 0 unspecified atom stereocenters. The fourth-order valence-corrected chi connectivity index (χ4v) is 6.45. The standard InChI is InChI=1S/C20H33N3O3/c1-13-11-23(12-14(2)26-13)4-3-18(24)21-19(25)22-20-8-15-5-16(9-20)7-17(6-15)10-20/h13-17H,3-12H2,1-2H3,(H2,21,22,24,25)/t13-,14-,15?,16?,17?,20?/m1/s1. The first-order valence-corrected chi connectivity index (χ1v) is 10.4. The molecular weight excluding hydrogens is 330 g/mol. The summed E-state index contributed by atoms with van der Waals surface area (Å²) >= 11 is 0. The fourth-order valence-electron chi connectivity index (χ4n) is 6.45. The van der Waals surface area contributed by atoms with Gasteiger partial charge in [0, 0.05) is 31.6 Å². The number of imide groups is 1. The Morgan fingerprint density at radius 1 is 1.00 bits per heavy atom. The number of carbonyl (C=O) groups is 2. The number of nitrogens with one attached hydrogen (secondary N) is 2. The number of ether oxygens (including phenoxy) is 1. The molecule has 5 fully saturated rings. The van der Waals surface area contributed by atoms with Crippen molar-refractivity contribution in [1.29, 1.82) is 0 Å². The third-order valence-electron chi connectivity index (χ3n) is 6.82. The van der Waals surface area contributed by atoms with E-state index in [0.29, 0.717) is 13.0 Å². The lowest BCUT2D eigenvalue weighted by atomic mass is 9.53. The molecule has 0 aromatic carbocycles. The van der Waals surface area contributed by atoms with Gasteiger partial charge in [-0.3, -0.25) is 15.0 Å². The van der Waals surface area contributed by atoms with Crippen molar-refractivity contribution in [3.63, 3.8) is 0 Å². The summed E-state index contributed by atoms with van der Waals surface area (Å²) in [4.78, 5) is 26.9. The summed E-state index contributed by atoms with van der Waals surface area (Å²) in [7, 11) is 0. The minimum absolute atomic E-state index is 0.0474. The monoisotopic (exact) mass is 363 g/mol. The number of hydrogen-bond acceptors (Lipinski definition) is 4. The largest absolute Gasteiger partial charge is 0.373 e. The Labute approximate surface area is 156 Å². The lowest BCUT2D eigenvalue weighted by Gasteiger charge is -2.56. The number of morpholine rings is 1. The molecule has 26 heavy (non-hydrogen) atoms. The first-order chi connectivity index (χ1) is 12.4. The molecule has 0 aromatic heterocycles. The minimum atomic E-state index is -0.291. The van der Waals surface area contributed by atoms with Crippen LogP contribution < -0.4 is 10.6 Å². The molecule has 2 N–H and O–H groups in total. The maximum atomic E-state index is 12.4. The van der Waals surface area contributed by atoms with Gasteiger partial charge in [-0.2, -0.15) is 0 Å². The normalized spacial score (nSPS) is 41.8. The topological polar surface area (TPSA) is 70.7 Å². The number of rotatable bonds is 4. The fraction of sp³-hybridized carbons (Fsp3) is 0.900. The van der Waals surface area contributed by atoms with Gasteiger partial charge in [-0.05, 0) is 70.1 Å². The van der Waals surface area contributed by atoms with Crippen LogP contribution in [-0.2, 0) is 9.53 Å². The molecule has 4 aliphatic carbocycles. The van der Waals surface area contributed by atoms with Crippen molar-refractivity contribution in [2.75, 3.05) is 19.6 Å². The van der Waals surface area contributed by atoms with Crippen LogP contribution >= 0.6 is 0 Å². The van der Waals surface area contributed by atoms with E-state index in [0.717, 1.165) is 50.1 Å². The van der Waals surface area contributed by atoms with Crippen LogP contribution in [0.2, 0.25) is 0 Å². The van der Waals surface area contributed by atoms with Crippen LogP contribution in [0.15, 0.2) is 0 Å². The number of hydrogen-bond donors (Lipinski definition) is 2. The van der Waals surface area contributed by atoms with Gasteiger partial charge in [-0.25, -0.2) is 4.79 Å². The third kappa shape index (κ3) is 4.06. The molecule has 5 rings (SSSR count). The summed E-state index contributed by atoms with van der Waals surface area (Å²) in [6.07, 6.45) is 8.09. The molecule has 146 valence electrons. The molecule has 6 heteroatoms. The Hall–Kier alpha value is -1.14. The summed E-state index contributed by atoms with van der Waals surface area (Å²) in [6, 6.07) is -0.291. The lowest BCUT2D eigenvalue weighted by molar-refractivity contribution is -0.121. The molecule has 4 bridgehead atoms. The number of amides is 3. The van der Waals surface area contributed by atoms with Gasteiger partial charge in [0.15, 0.2) is 0 Å². The first kappa shape index (κ1) is 18.2. The molecule has 4 saturated carbocycles. The van der Waals surface area contributed by atoms with Gasteiger partial charge in [-0.1, -0.05) is 0 Å². The van der Waals surface area contributed by atoms with E-state index in [1.807, 2.05) is 0 Å². The molecule has 1 aliphatic heterocycles. The maximum absolute atomic E-state index is 12.4. The van der Waals surface area contributed by atoms with Gasteiger partial charge >= 0.3 is 6.03 Å². The molecule has 5 aliphatic rings. The molecule has 1 heterocycles. The summed E-state index contributed by atoms with van der Waals surface area (Å²) < 4.78 is 5.72. The van der Waals surface area contributed by atoms with Gasteiger partial charge in [0.2, 0.25) is 5.91 Å². The van der Waals surface area contributed by atoms with Crippen LogP contribution in [0, 0.1) is 17.8 Å². The van der Waals surface area contributed by atoms with Crippen LogP contribution in [0.3, 0.4) is 0 Å². The van der Waals surface area contributed by atoms with Crippen molar-refractivity contribution in [2.45, 2.75) is 76.5 Å². The quantitative estimate of drug-likeness (QED) is 0.804. The van der Waals surface area contributed by atoms with E-state index in [1.165, 1.54) is 19.3 Å². The average Bonchev–Trinajstić information content (AvgIpc) is 2.50. The highest BCUT2D eigenvalue weighted by Crippen LogP contribution is 2.55. The van der Waals surface area contributed by atoms with Crippen molar-refractivity contribution in [1.82, 2.24) is 15.5 Å². The summed E-state index contributed by atoms with van der Waals surface area (Å²) in [5.41, 5.74) is -0.0474. The zero-order chi connectivity index (χ0) is 18.3. The predicted molar refractivity (Wildman–Crippen MR) is 98.6 cm³/mol. The summed E-state index contributed by atoms with van der Waals surface area (Å²) in [5, 5.41) is 5.77. The van der Waals surface area contributed by atoms with Gasteiger partial charge in [0.05, 0.1) is 12.2 Å². The Morgan fingerprint density at radius 2 is 1.54 bits per heavy atom. The van der Waals surface area contributed by atoms with Crippen molar-refractivity contribution in [2.24, 2.45) is 17.8 Å². The highest BCUT2D eigenvalue weighted by Gasteiger charge is 2.51. The van der Waals surface area contributed by atoms with E-state index in [4.69, 9.17) is 4.74 Å². The second kappa shape index (κ2) is 7.12. The Kier molecular flexibility index (Phi) is 4.99. The summed E-state index contributed by atoms with van der Waals surface area (Å²) in [5.74, 6) is 2.16. The van der Waals surface area contributed by atoms with E-state index in [-0.39, 0.29) is 29.7 Å². The Morgan fingerprint density at radius 3 is 2.08 bits per heavy atom. The van der Waals surface area contributed by atoms with E-state index < -0.39 is 0 Å². The number of nitrogens with zero attached hydrogens (tertiary/aromatic N) is 1. The van der Waals surface area contributed by atoms with Crippen LogP contribution in [-0.4, -0.2) is 54.2 Å². The van der Waals surface area contributed by atoms with E-state index in [2.05, 4.69) is 29.4 Å². The molecule has 2 atom stereocenters. The highest BCUT2D eigenvalue weighted by molar-refractivity contribution is 5.94. The SMILES string of the molecule is C[C@@H]1CN(CCC(=O)NC(=O)NC23CC4CC(CC(C4)C2)C3)C[C@@H](C)O1. The highest BCUT2D eigenvalue weighted by atomic mass is 16.5. The van der Waals surface area contributed by atoms with E-state index >= 15 is 0 Å². The van der Waals surface area contributed by atoms with Gasteiger partial charge in [0.25, 0.3) is 0 Å². The van der Waals surface area contributed by atoms with E-state index in [1.54, 1.807) is 0 Å². The molecular formula is C20H33N3O3. The zero-order valence-electron chi connectivity index (χ0n) is 16.1. The van der Waals surface area contributed by atoms with Crippen LogP contribution in [0.1, 0.15) is 58.8 Å². The Bertz CT molecular complexity index is 519. The maximum Gasteiger partial charge on any atom is 0.321 e. The van der Waals surface area contributed by atoms with Crippen molar-refractivity contribution >= 4 is 11.9 Å². The number of urea groups is 1. The molecule has 1 saturated heterocycles. The van der Waals surface area contributed by atoms with E-state index in [9.17, 15) is 9.59 Å². The zero-order valence-corrected chi connectivity index (χ0v) is 16.1. The predicted octanol–water partition coefficient (Wildman–Crippen LogP) is 2.28. The van der Waals surface area contributed by atoms with Crippen LogP contribution in [0.25, 0.3) is 0 Å². The van der Waals surface area contributed by atoms with Gasteiger partial charge in [-0.15, -0.1) is 0 Å². The first-order valence-electron chi connectivity index (χ1n) is 10.4. The molecule has 0 spiro atoms. The van der Waals surface area contributed by atoms with Crippen molar-refractivity contribution in [3.8, 4) is 0 Å². The minimum Gasteiger partial charge on any atom is -0.373 e. The summed E-state index contributed by atoms with van der Waals surface area (Å²) in [6.45, 7) is 6.48. The third-order valence-corrected chi connectivity index (χ3v) is 6.82. The second-order valence-electron chi connectivity index (χ2n) is 9.47. The smallest absolute Gasteiger partial charge is 0.321 e. The molecule has 6 nitrogen and oxygen atoms in total. The second-order valence-corrected chi connectivity index (χ2v) is 9.47. The van der Waals surface area contributed by atoms with Crippen LogP contribution in [0.4, 0.5) is 4.79 Å².